The number of nitrogens with one attached hydrogen (secondary N) is 4. The van der Waals surface area contributed by atoms with Crippen LogP contribution in [0, 0.1) is 5.92 Å². The van der Waals surface area contributed by atoms with Crippen LogP contribution in [0.25, 0.3) is 0 Å². The van der Waals surface area contributed by atoms with Crippen molar-refractivity contribution >= 4 is 23.7 Å². The van der Waals surface area contributed by atoms with Crippen LogP contribution < -0.4 is 16.0 Å². The monoisotopic (exact) mass is 481 g/mol. The Balaban J connectivity index is 2.96. The Morgan fingerprint density at radius 1 is 1.09 bits per heavy atom. The van der Waals surface area contributed by atoms with Crippen molar-refractivity contribution < 1.29 is 29.0 Å². The summed E-state index contributed by atoms with van der Waals surface area (Å²) in [7, 11) is 0. The molecule has 5 N–H and O–H groups in total. The lowest BCUT2D eigenvalue weighted by Gasteiger charge is -2.28. The minimum absolute atomic E-state index is 0.0917. The van der Waals surface area contributed by atoms with Gasteiger partial charge in [0.15, 0.2) is 0 Å². The van der Waals surface area contributed by atoms with Crippen molar-refractivity contribution in [2.75, 3.05) is 0 Å². The smallest absolute Gasteiger partial charge is 0.308 e. The number of H-pyrrole nitrogens is 1. The molecule has 192 valence electrons. The van der Waals surface area contributed by atoms with E-state index in [-0.39, 0.29) is 30.8 Å². The molecule has 1 unspecified atom stereocenters. The molecule has 3 amide bonds. The highest BCUT2D eigenvalue weighted by atomic mass is 16.5. The summed E-state index contributed by atoms with van der Waals surface area (Å²) < 4.78 is 5.24. The number of imidazole rings is 1. The zero-order valence-corrected chi connectivity index (χ0v) is 20.9. The molecule has 0 aromatic carbocycles. The number of aliphatic hydroxyl groups excluding tert-OH is 1. The minimum atomic E-state index is -1.16. The molecule has 0 aliphatic rings. The van der Waals surface area contributed by atoms with Crippen LogP contribution in [0.3, 0.4) is 0 Å². The van der Waals surface area contributed by atoms with Gasteiger partial charge in [-0.1, -0.05) is 20.8 Å². The molecular weight excluding hydrogens is 442 g/mol. The summed E-state index contributed by atoms with van der Waals surface area (Å²) in [6.07, 6.45) is 2.52. The van der Waals surface area contributed by atoms with Crippen LogP contribution in [0.2, 0.25) is 0 Å². The number of aliphatic hydroxyl groups is 1. The third-order valence-electron chi connectivity index (χ3n) is 5.21. The lowest BCUT2D eigenvalue weighted by Crippen LogP contribution is -2.56. The fourth-order valence-electron chi connectivity index (χ4n) is 3.26. The standard InChI is InChI=1S/C23H39N5O6/c1-7-14(4)34-21(31)10-20(30)18(8-13(2)3)27-23(33)19(9-17-11-24-12-25-17)28-22(32)15(5)26-16(6)29/h11-15,18-20,30H,7-10H2,1-6H3,(H,24,25)(H,26,29)(H,27,33)(H,28,32)/t14?,15-,18+,19+,20+/m1/s1. The molecule has 11 heteroatoms. The molecule has 5 atom stereocenters. The van der Waals surface area contributed by atoms with Gasteiger partial charge in [0.25, 0.3) is 0 Å². The number of carbonyl (C=O) groups excluding carboxylic acids is 4. The first-order chi connectivity index (χ1) is 15.9. The molecular formula is C23H39N5O6. The Morgan fingerprint density at radius 2 is 1.76 bits per heavy atom. The van der Waals surface area contributed by atoms with E-state index in [0.717, 1.165) is 0 Å². The van der Waals surface area contributed by atoms with Crippen LogP contribution in [0.4, 0.5) is 0 Å². The quantitative estimate of drug-likeness (QED) is 0.243. The van der Waals surface area contributed by atoms with Gasteiger partial charge in [0.2, 0.25) is 17.7 Å². The van der Waals surface area contributed by atoms with Gasteiger partial charge in [0.05, 0.1) is 36.7 Å². The molecule has 1 aromatic heterocycles. The zero-order chi connectivity index (χ0) is 25.8. The molecule has 1 heterocycles. The van der Waals surface area contributed by atoms with Gasteiger partial charge in [0.1, 0.15) is 12.1 Å². The van der Waals surface area contributed by atoms with Crippen molar-refractivity contribution in [1.82, 2.24) is 25.9 Å². The second-order valence-corrected chi connectivity index (χ2v) is 8.97. The van der Waals surface area contributed by atoms with Gasteiger partial charge in [-0.25, -0.2) is 4.98 Å². The summed E-state index contributed by atoms with van der Waals surface area (Å²) in [5.41, 5.74) is 0.547. The third-order valence-corrected chi connectivity index (χ3v) is 5.21. The van der Waals surface area contributed by atoms with Gasteiger partial charge in [-0.2, -0.15) is 0 Å². The van der Waals surface area contributed by atoms with Crippen molar-refractivity contribution in [2.45, 2.75) is 97.6 Å². The predicted molar refractivity (Wildman–Crippen MR) is 125 cm³/mol. The number of ether oxygens (including phenoxy) is 1. The highest BCUT2D eigenvalue weighted by Gasteiger charge is 2.30. The van der Waals surface area contributed by atoms with Crippen molar-refractivity contribution in [1.29, 1.82) is 0 Å². The van der Waals surface area contributed by atoms with E-state index in [1.807, 2.05) is 20.8 Å². The Morgan fingerprint density at radius 3 is 2.29 bits per heavy atom. The average molecular weight is 482 g/mol. The number of aromatic nitrogens is 2. The molecule has 0 saturated heterocycles. The van der Waals surface area contributed by atoms with E-state index < -0.39 is 42.0 Å². The second-order valence-electron chi connectivity index (χ2n) is 8.97. The lowest BCUT2D eigenvalue weighted by atomic mass is 9.96. The highest BCUT2D eigenvalue weighted by Crippen LogP contribution is 2.13. The zero-order valence-electron chi connectivity index (χ0n) is 20.9. The summed E-state index contributed by atoms with van der Waals surface area (Å²) in [5, 5.41) is 18.6. The summed E-state index contributed by atoms with van der Waals surface area (Å²) in [4.78, 5) is 56.1. The minimum Gasteiger partial charge on any atom is -0.463 e. The van der Waals surface area contributed by atoms with E-state index in [9.17, 15) is 24.3 Å². The number of hydrogen-bond acceptors (Lipinski definition) is 7. The van der Waals surface area contributed by atoms with E-state index >= 15 is 0 Å². The van der Waals surface area contributed by atoms with Gasteiger partial charge in [-0.3, -0.25) is 19.2 Å². The van der Waals surface area contributed by atoms with E-state index in [2.05, 4.69) is 25.9 Å². The van der Waals surface area contributed by atoms with Gasteiger partial charge in [-0.05, 0) is 32.6 Å². The molecule has 0 fully saturated rings. The van der Waals surface area contributed by atoms with Crippen LogP contribution >= 0.6 is 0 Å². The molecule has 0 radical (unpaired) electrons. The predicted octanol–water partition coefficient (Wildman–Crippen LogP) is 0.585. The average Bonchev–Trinajstić information content (AvgIpc) is 3.24. The first-order valence-electron chi connectivity index (χ1n) is 11.7. The molecule has 11 nitrogen and oxygen atoms in total. The molecule has 0 aliphatic heterocycles. The van der Waals surface area contributed by atoms with Crippen LogP contribution in [0.5, 0.6) is 0 Å². The number of nitrogens with zero attached hydrogens (tertiary/aromatic N) is 1. The maximum absolute atomic E-state index is 13.2. The lowest BCUT2D eigenvalue weighted by molar-refractivity contribution is -0.151. The van der Waals surface area contributed by atoms with Crippen LogP contribution in [0.1, 0.15) is 66.5 Å². The summed E-state index contributed by atoms with van der Waals surface area (Å²) in [6, 6.07) is -2.59. The largest absolute Gasteiger partial charge is 0.463 e. The second kappa shape index (κ2) is 14.3. The molecule has 0 saturated carbocycles. The van der Waals surface area contributed by atoms with Gasteiger partial charge < -0.3 is 30.8 Å². The molecule has 0 aliphatic carbocycles. The van der Waals surface area contributed by atoms with Gasteiger partial charge in [0, 0.05) is 19.5 Å². The van der Waals surface area contributed by atoms with E-state index in [0.29, 0.717) is 18.5 Å². The Labute approximate surface area is 200 Å². The van der Waals surface area contributed by atoms with E-state index in [4.69, 9.17) is 4.74 Å². The Bertz CT molecular complexity index is 798. The number of amides is 3. The first kappa shape index (κ1) is 29.1. The van der Waals surface area contributed by atoms with Crippen molar-refractivity contribution in [3.05, 3.63) is 18.2 Å². The Hall–Kier alpha value is -2.95. The number of hydrogen-bond donors (Lipinski definition) is 5. The maximum Gasteiger partial charge on any atom is 0.308 e. The number of rotatable bonds is 14. The number of aromatic amines is 1. The van der Waals surface area contributed by atoms with Crippen LogP contribution in [-0.2, 0) is 30.3 Å². The summed E-state index contributed by atoms with van der Waals surface area (Å²) >= 11 is 0. The molecule has 34 heavy (non-hydrogen) atoms. The maximum atomic E-state index is 13.2. The molecule has 1 aromatic rings. The van der Waals surface area contributed by atoms with Crippen molar-refractivity contribution in [3.63, 3.8) is 0 Å². The van der Waals surface area contributed by atoms with Crippen molar-refractivity contribution in [3.8, 4) is 0 Å². The fraction of sp³-hybridized carbons (Fsp3) is 0.696. The summed E-state index contributed by atoms with van der Waals surface area (Å²) in [5.74, 6) is -1.88. The molecule has 1 rings (SSSR count). The van der Waals surface area contributed by atoms with Crippen LogP contribution in [-0.4, -0.2) is 69.1 Å². The molecule has 0 spiro atoms. The van der Waals surface area contributed by atoms with Crippen LogP contribution in [0.15, 0.2) is 12.5 Å². The van der Waals surface area contributed by atoms with Gasteiger partial charge in [-0.15, -0.1) is 0 Å². The third kappa shape index (κ3) is 10.8. The normalized spacial score (nSPS) is 15.5. The SMILES string of the molecule is CCC(C)OC(=O)C[C@H](O)[C@H](CC(C)C)NC(=O)[C@H](Cc1c[nH]cn1)NC(=O)[C@@H](C)NC(C)=O. The van der Waals surface area contributed by atoms with Crippen molar-refractivity contribution in [2.24, 2.45) is 5.92 Å². The molecule has 0 bridgehead atoms. The van der Waals surface area contributed by atoms with E-state index in [1.54, 1.807) is 13.1 Å². The Kier molecular flexibility index (Phi) is 12.3. The van der Waals surface area contributed by atoms with Gasteiger partial charge >= 0.3 is 5.97 Å². The summed E-state index contributed by atoms with van der Waals surface area (Å²) in [6.45, 7) is 10.3. The first-order valence-corrected chi connectivity index (χ1v) is 11.7. The highest BCUT2D eigenvalue weighted by molar-refractivity contribution is 5.91. The van der Waals surface area contributed by atoms with E-state index in [1.165, 1.54) is 20.2 Å². The number of carbonyl (C=O) groups is 4. The fourth-order valence-corrected chi connectivity index (χ4v) is 3.26. The topological polar surface area (TPSA) is 163 Å². The number of esters is 1.